The quantitative estimate of drug-likeness (QED) is 0.896. The lowest BCUT2D eigenvalue weighted by Crippen LogP contribution is -2.48. The Morgan fingerprint density at radius 1 is 1.45 bits per heavy atom. The molecule has 1 heterocycles. The summed E-state index contributed by atoms with van der Waals surface area (Å²) in [5.41, 5.74) is 1.06. The van der Waals surface area contributed by atoms with Gasteiger partial charge in [0.15, 0.2) is 0 Å². The number of benzene rings is 1. The Morgan fingerprint density at radius 2 is 2.27 bits per heavy atom. The minimum atomic E-state index is -0.408. The SMILES string of the molecule is Cc1cccc(F)c1NC(=O)NCC1CCOC2(CCC2)C1. The van der Waals surface area contributed by atoms with Gasteiger partial charge >= 0.3 is 6.03 Å². The highest BCUT2D eigenvalue weighted by Gasteiger charge is 2.42. The number of anilines is 1. The Labute approximate surface area is 130 Å². The summed E-state index contributed by atoms with van der Waals surface area (Å²) in [7, 11) is 0. The van der Waals surface area contributed by atoms with Crippen molar-refractivity contribution < 1.29 is 13.9 Å². The van der Waals surface area contributed by atoms with E-state index < -0.39 is 5.82 Å². The van der Waals surface area contributed by atoms with Gasteiger partial charge in [-0.2, -0.15) is 0 Å². The van der Waals surface area contributed by atoms with Crippen LogP contribution < -0.4 is 10.6 Å². The van der Waals surface area contributed by atoms with Crippen LogP contribution in [-0.2, 0) is 4.74 Å². The monoisotopic (exact) mass is 306 g/mol. The predicted molar refractivity (Wildman–Crippen MR) is 83.4 cm³/mol. The van der Waals surface area contributed by atoms with E-state index in [-0.39, 0.29) is 17.3 Å². The number of aryl methyl sites for hydroxylation is 1. The van der Waals surface area contributed by atoms with Crippen molar-refractivity contribution in [3.63, 3.8) is 0 Å². The van der Waals surface area contributed by atoms with Gasteiger partial charge < -0.3 is 15.4 Å². The Bertz CT molecular complexity index is 537. The molecule has 0 bridgehead atoms. The summed E-state index contributed by atoms with van der Waals surface area (Å²) in [6, 6.07) is 4.41. The van der Waals surface area contributed by atoms with Gasteiger partial charge in [0.05, 0.1) is 11.3 Å². The van der Waals surface area contributed by atoms with Crippen LogP contribution in [0, 0.1) is 18.7 Å². The van der Waals surface area contributed by atoms with E-state index in [0.29, 0.717) is 12.5 Å². The molecule has 1 atom stereocenters. The summed E-state index contributed by atoms with van der Waals surface area (Å²) >= 11 is 0. The molecule has 1 spiro atoms. The van der Waals surface area contributed by atoms with E-state index >= 15 is 0 Å². The van der Waals surface area contributed by atoms with Crippen LogP contribution in [-0.4, -0.2) is 24.8 Å². The summed E-state index contributed by atoms with van der Waals surface area (Å²) in [4.78, 5) is 12.0. The molecular weight excluding hydrogens is 283 g/mol. The fourth-order valence-electron chi connectivity index (χ4n) is 3.41. The normalized spacial score (nSPS) is 22.9. The first-order chi connectivity index (χ1) is 10.6. The number of hydrogen-bond donors (Lipinski definition) is 2. The number of hydrogen-bond acceptors (Lipinski definition) is 2. The van der Waals surface area contributed by atoms with Gasteiger partial charge in [0.25, 0.3) is 0 Å². The molecule has 1 unspecified atom stereocenters. The second-order valence-electron chi connectivity index (χ2n) is 6.51. The van der Waals surface area contributed by atoms with Crippen LogP contribution in [0.5, 0.6) is 0 Å². The summed E-state index contributed by atoms with van der Waals surface area (Å²) in [5, 5.41) is 5.48. The van der Waals surface area contributed by atoms with Crippen molar-refractivity contribution in [3.8, 4) is 0 Å². The van der Waals surface area contributed by atoms with Crippen LogP contribution in [0.3, 0.4) is 0 Å². The van der Waals surface area contributed by atoms with Crippen LogP contribution in [0.2, 0.25) is 0 Å². The topological polar surface area (TPSA) is 50.4 Å². The summed E-state index contributed by atoms with van der Waals surface area (Å²) < 4.78 is 19.6. The van der Waals surface area contributed by atoms with Crippen molar-refractivity contribution in [1.29, 1.82) is 0 Å². The molecule has 0 aromatic heterocycles. The fraction of sp³-hybridized carbons (Fsp3) is 0.588. The van der Waals surface area contributed by atoms with Crippen molar-refractivity contribution in [2.45, 2.75) is 44.6 Å². The van der Waals surface area contributed by atoms with Crippen LogP contribution in [0.25, 0.3) is 0 Å². The van der Waals surface area contributed by atoms with E-state index in [9.17, 15) is 9.18 Å². The highest BCUT2D eigenvalue weighted by molar-refractivity contribution is 5.90. The first kappa shape index (κ1) is 15.3. The maximum atomic E-state index is 13.7. The summed E-state index contributed by atoms with van der Waals surface area (Å²) in [6.45, 7) is 3.17. The summed E-state index contributed by atoms with van der Waals surface area (Å²) in [6.07, 6.45) is 5.52. The molecule has 22 heavy (non-hydrogen) atoms. The molecule has 1 saturated carbocycles. The molecule has 5 heteroatoms. The van der Waals surface area contributed by atoms with E-state index in [1.165, 1.54) is 12.5 Å². The van der Waals surface area contributed by atoms with Gasteiger partial charge in [-0.05, 0) is 56.6 Å². The highest BCUT2D eigenvalue weighted by Crippen LogP contribution is 2.43. The zero-order chi connectivity index (χ0) is 15.6. The van der Waals surface area contributed by atoms with E-state index in [4.69, 9.17) is 4.74 Å². The van der Waals surface area contributed by atoms with E-state index in [1.54, 1.807) is 19.1 Å². The molecule has 4 nitrogen and oxygen atoms in total. The standard InChI is InChI=1S/C17H23FN2O2/c1-12-4-2-5-14(18)15(12)20-16(21)19-11-13-6-9-22-17(10-13)7-3-8-17/h2,4-5,13H,3,6-11H2,1H3,(H2,19,20,21). The predicted octanol–water partition coefficient (Wildman–Crippen LogP) is 3.60. The van der Waals surface area contributed by atoms with Crippen LogP contribution in [0.1, 0.15) is 37.7 Å². The van der Waals surface area contributed by atoms with Gasteiger partial charge in [-0.15, -0.1) is 0 Å². The number of carbonyl (C=O) groups excluding carboxylic acids is 1. The molecule has 1 aromatic rings. The van der Waals surface area contributed by atoms with Gasteiger partial charge in [0.1, 0.15) is 5.82 Å². The van der Waals surface area contributed by atoms with Crippen LogP contribution in [0.15, 0.2) is 18.2 Å². The minimum Gasteiger partial charge on any atom is -0.375 e. The number of para-hydroxylation sites is 1. The molecule has 2 amide bonds. The molecule has 2 N–H and O–H groups in total. The lowest BCUT2D eigenvalue weighted by atomic mass is 9.72. The Morgan fingerprint density at radius 3 is 2.95 bits per heavy atom. The smallest absolute Gasteiger partial charge is 0.319 e. The maximum Gasteiger partial charge on any atom is 0.319 e. The zero-order valence-electron chi connectivity index (χ0n) is 13.0. The van der Waals surface area contributed by atoms with Gasteiger partial charge in [-0.3, -0.25) is 0 Å². The Kier molecular flexibility index (Phi) is 4.34. The average Bonchev–Trinajstić information content (AvgIpc) is 2.48. The van der Waals surface area contributed by atoms with Gasteiger partial charge in [-0.1, -0.05) is 12.1 Å². The first-order valence-corrected chi connectivity index (χ1v) is 8.02. The highest BCUT2D eigenvalue weighted by atomic mass is 19.1. The van der Waals surface area contributed by atoms with Crippen LogP contribution >= 0.6 is 0 Å². The second kappa shape index (κ2) is 6.24. The molecule has 0 radical (unpaired) electrons. The minimum absolute atomic E-state index is 0.0865. The molecule has 1 saturated heterocycles. The molecule has 1 aromatic carbocycles. The first-order valence-electron chi connectivity index (χ1n) is 8.02. The third-order valence-corrected chi connectivity index (χ3v) is 4.87. The molecule has 2 fully saturated rings. The lowest BCUT2D eigenvalue weighted by molar-refractivity contribution is -0.142. The van der Waals surface area contributed by atoms with Crippen LogP contribution in [0.4, 0.5) is 14.9 Å². The molecular formula is C17H23FN2O2. The third kappa shape index (κ3) is 3.24. The molecule has 3 rings (SSSR count). The van der Waals surface area contributed by atoms with Crippen molar-refractivity contribution >= 4 is 11.7 Å². The van der Waals surface area contributed by atoms with Crippen molar-refractivity contribution in [2.24, 2.45) is 5.92 Å². The van der Waals surface area contributed by atoms with Gasteiger partial charge in [-0.25, -0.2) is 9.18 Å². The fourth-order valence-corrected chi connectivity index (χ4v) is 3.41. The number of carbonyl (C=O) groups is 1. The molecule has 1 aliphatic heterocycles. The second-order valence-corrected chi connectivity index (χ2v) is 6.51. The Hall–Kier alpha value is -1.62. The Balaban J connectivity index is 1.50. The third-order valence-electron chi connectivity index (χ3n) is 4.87. The average molecular weight is 306 g/mol. The number of urea groups is 1. The van der Waals surface area contributed by atoms with E-state index in [1.807, 2.05) is 0 Å². The van der Waals surface area contributed by atoms with Gasteiger partial charge in [0.2, 0.25) is 0 Å². The maximum absolute atomic E-state index is 13.7. The van der Waals surface area contributed by atoms with Crippen molar-refractivity contribution in [1.82, 2.24) is 5.32 Å². The van der Waals surface area contributed by atoms with Gasteiger partial charge in [0, 0.05) is 13.2 Å². The van der Waals surface area contributed by atoms with Crippen molar-refractivity contribution in [2.75, 3.05) is 18.5 Å². The molecule has 2 aliphatic rings. The number of ether oxygens (including phenoxy) is 1. The summed E-state index contributed by atoms with van der Waals surface area (Å²) in [5.74, 6) is 0.0381. The van der Waals surface area contributed by atoms with E-state index in [0.717, 1.165) is 37.9 Å². The molecule has 1 aliphatic carbocycles. The van der Waals surface area contributed by atoms with Crippen molar-refractivity contribution in [3.05, 3.63) is 29.6 Å². The number of halogens is 1. The lowest BCUT2D eigenvalue weighted by Gasteiger charge is -2.47. The molecule has 120 valence electrons. The number of rotatable bonds is 3. The largest absolute Gasteiger partial charge is 0.375 e. The zero-order valence-corrected chi connectivity index (χ0v) is 13.0. The number of amides is 2. The van der Waals surface area contributed by atoms with E-state index in [2.05, 4.69) is 10.6 Å². The number of nitrogens with one attached hydrogen (secondary N) is 2.